The summed E-state index contributed by atoms with van der Waals surface area (Å²) in [4.78, 5) is 17.3. The van der Waals surface area contributed by atoms with E-state index in [9.17, 15) is 20.4 Å². The fourth-order valence-electron chi connectivity index (χ4n) is 5.48. The van der Waals surface area contributed by atoms with Crippen molar-refractivity contribution in [1.82, 2.24) is 0 Å². The minimum absolute atomic E-state index is 0. The molecule has 6 aromatic rings. The number of phenolic OH excluding ortho intramolecular Hbond substituents is 4. The Bertz CT molecular complexity index is 2440. The summed E-state index contributed by atoms with van der Waals surface area (Å²) < 4.78 is 20.3. The minimum atomic E-state index is -0.699. The van der Waals surface area contributed by atoms with E-state index in [4.69, 9.17) is 42.1 Å². The molecule has 0 saturated carbocycles. The Morgan fingerprint density at radius 2 is 0.828 bits per heavy atom. The maximum atomic E-state index is 10.3. The third-order valence-electron chi connectivity index (χ3n) is 8.76. The zero-order chi connectivity index (χ0) is 44.9. The number of rotatable bonds is 14. The number of benzene rings is 6. The van der Waals surface area contributed by atoms with Crippen molar-refractivity contribution < 1.29 is 73.5 Å². The molecule has 6 aromatic carbocycles. The number of hydrogen-bond acceptors (Lipinski definition) is 12. The second kappa shape index (κ2) is 28.7. The van der Waals surface area contributed by atoms with Crippen LogP contribution < -0.4 is 18.9 Å². The summed E-state index contributed by atoms with van der Waals surface area (Å²) in [6, 6.07) is 35.6. The summed E-state index contributed by atoms with van der Waals surface area (Å²) in [7, 11) is 6.00. The Balaban J connectivity index is 0.000000355. The van der Waals surface area contributed by atoms with E-state index in [0.29, 0.717) is 74.0 Å². The van der Waals surface area contributed by atoms with E-state index in [0.717, 1.165) is 5.56 Å². The second-order valence-corrected chi connectivity index (χ2v) is 13.5. The minimum Gasteiger partial charge on any atom is -0.504 e. The van der Waals surface area contributed by atoms with Crippen molar-refractivity contribution in [3.8, 4) is 46.0 Å². The first-order valence-electron chi connectivity index (χ1n) is 19.0. The van der Waals surface area contributed by atoms with Gasteiger partial charge in [-0.05, 0) is 73.2 Å². The number of aromatic hydroxyl groups is 4. The topological polar surface area (TPSA) is 167 Å². The number of methoxy groups -OCH3 is 4. The predicted molar refractivity (Wildman–Crippen MR) is 249 cm³/mol. The molecular formula is C48H48Cl2Cu2N4O8. The van der Waals surface area contributed by atoms with Gasteiger partial charge in [0.25, 0.3) is 0 Å². The fourth-order valence-corrected chi connectivity index (χ4v) is 5.91. The van der Waals surface area contributed by atoms with E-state index in [1.165, 1.54) is 40.9 Å². The van der Waals surface area contributed by atoms with Crippen LogP contribution in [0, 0.1) is 0 Å². The van der Waals surface area contributed by atoms with E-state index in [1.807, 2.05) is 55.5 Å². The fraction of sp³-hybridized carbons (Fsp3) is 0.167. The molecule has 12 nitrogen and oxygen atoms in total. The standard InChI is InChI=1S/C23H21ClN2O4.C15H14ClNO2.C10H13NO2.2Cu/c1-29-19-11-5-7-15(21(19)27)13-25-23(17-9-3-4-10-18(17)24)26-14-16-8-6-12-20(30-2)22(16)28;1-19-14-8-4-6-12(15(14)18)10-17-9-11-5-2-3-7-13(11)16;1-3-11-7-8-5-4-6-9(13-2)10(8)12;;/h3-14,23,27-28H,1-2H3;2-8,10,18H,9H2,1H3;4-7,12H,3H2,1-2H3;;/b25-13+,26-14+;;;;. The monoisotopic (exact) mass is 1000 g/mol. The molecule has 0 aliphatic rings. The van der Waals surface area contributed by atoms with Crippen LogP contribution in [0.15, 0.2) is 141 Å². The molecule has 0 unspecified atom stereocenters. The van der Waals surface area contributed by atoms with Crippen LogP contribution in [0.2, 0.25) is 10.0 Å². The third-order valence-corrected chi connectivity index (χ3v) is 9.47. The first-order valence-corrected chi connectivity index (χ1v) is 19.8. The van der Waals surface area contributed by atoms with E-state index in [2.05, 4.69) is 20.0 Å². The van der Waals surface area contributed by atoms with Crippen LogP contribution >= 0.6 is 23.2 Å². The summed E-state index contributed by atoms with van der Waals surface area (Å²) in [5.41, 5.74) is 3.88. The normalized spacial score (nSPS) is 10.8. The van der Waals surface area contributed by atoms with Crippen LogP contribution in [0.1, 0.15) is 46.5 Å². The molecule has 0 saturated heterocycles. The number of halogens is 2. The predicted octanol–water partition coefficient (Wildman–Crippen LogP) is 10.5. The van der Waals surface area contributed by atoms with Crippen molar-refractivity contribution >= 4 is 48.1 Å². The molecule has 0 aliphatic heterocycles. The van der Waals surface area contributed by atoms with Gasteiger partial charge in [0.1, 0.15) is 0 Å². The SMILES string of the molecule is CCN=Cc1cccc(OC)c1O.COc1cccc(/C=N/C(/N=C/c2cccc(OC)c2O)c2ccccc2Cl)c1O.COc1cccc(C=NCc2ccccc2Cl)c1O.[Cu].[Cu]. The largest absolute Gasteiger partial charge is 0.504 e. The summed E-state index contributed by atoms with van der Waals surface area (Å²) in [5, 5.41) is 41.3. The van der Waals surface area contributed by atoms with Gasteiger partial charge in [-0.25, -0.2) is 0 Å². The van der Waals surface area contributed by atoms with Crippen molar-refractivity contribution in [3.05, 3.63) is 165 Å². The van der Waals surface area contributed by atoms with Gasteiger partial charge >= 0.3 is 0 Å². The summed E-state index contributed by atoms with van der Waals surface area (Å²) in [5.74, 6) is 1.79. The Morgan fingerprint density at radius 3 is 1.20 bits per heavy atom. The third kappa shape index (κ3) is 15.7. The van der Waals surface area contributed by atoms with Gasteiger partial charge in [-0.2, -0.15) is 0 Å². The van der Waals surface area contributed by atoms with Crippen LogP contribution in [-0.4, -0.2) is 80.3 Å². The molecule has 6 rings (SSSR count). The molecule has 0 heterocycles. The molecule has 0 fully saturated rings. The second-order valence-electron chi connectivity index (χ2n) is 12.7. The Labute approximate surface area is 404 Å². The van der Waals surface area contributed by atoms with E-state index in [1.54, 1.807) is 85.2 Å². The van der Waals surface area contributed by atoms with Gasteiger partial charge < -0.3 is 39.4 Å². The van der Waals surface area contributed by atoms with E-state index < -0.39 is 6.17 Å². The summed E-state index contributed by atoms with van der Waals surface area (Å²) >= 11 is 12.4. The molecule has 0 aromatic heterocycles. The molecule has 64 heavy (non-hydrogen) atoms. The zero-order valence-corrected chi connectivity index (χ0v) is 38.8. The van der Waals surface area contributed by atoms with E-state index in [-0.39, 0.29) is 57.1 Å². The molecule has 344 valence electrons. The summed E-state index contributed by atoms with van der Waals surface area (Å²) in [6.07, 6.45) is 5.57. The number of nitrogens with zero attached hydrogens (tertiary/aromatic N) is 4. The molecule has 16 heteroatoms. The number of para-hydroxylation sites is 4. The molecule has 0 spiro atoms. The first kappa shape index (κ1) is 54.2. The van der Waals surface area contributed by atoms with Gasteiger partial charge in [-0.3, -0.25) is 20.0 Å². The van der Waals surface area contributed by atoms with Crippen LogP contribution in [0.4, 0.5) is 0 Å². The Kier molecular flexibility index (Phi) is 24.2. The van der Waals surface area contributed by atoms with Gasteiger partial charge in [-0.1, -0.05) is 83.9 Å². The number of hydrogen-bond donors (Lipinski definition) is 4. The van der Waals surface area contributed by atoms with Gasteiger partial charge in [0.05, 0.1) is 35.0 Å². The van der Waals surface area contributed by atoms with Crippen molar-refractivity contribution in [1.29, 1.82) is 0 Å². The molecule has 0 atom stereocenters. The molecule has 2 radical (unpaired) electrons. The quantitative estimate of drug-likeness (QED) is 0.0618. The van der Waals surface area contributed by atoms with Crippen molar-refractivity contribution in [2.24, 2.45) is 20.0 Å². The van der Waals surface area contributed by atoms with Gasteiger partial charge in [-0.15, -0.1) is 0 Å². The zero-order valence-electron chi connectivity index (χ0n) is 35.4. The van der Waals surface area contributed by atoms with Crippen LogP contribution in [0.5, 0.6) is 46.0 Å². The van der Waals surface area contributed by atoms with Crippen molar-refractivity contribution in [2.75, 3.05) is 35.0 Å². The first-order chi connectivity index (χ1) is 30.1. The Hall–Kier alpha value is -5.98. The Morgan fingerprint density at radius 1 is 0.469 bits per heavy atom. The van der Waals surface area contributed by atoms with Crippen LogP contribution in [0.25, 0.3) is 0 Å². The number of aliphatic imine (C=N–C) groups is 4. The van der Waals surface area contributed by atoms with Gasteiger partial charge in [0, 0.05) is 103 Å². The molecule has 4 N–H and O–H groups in total. The van der Waals surface area contributed by atoms with Crippen molar-refractivity contribution in [3.63, 3.8) is 0 Å². The molecular weight excluding hydrogens is 959 g/mol. The molecule has 0 bridgehead atoms. The van der Waals surface area contributed by atoms with Gasteiger partial charge in [0.2, 0.25) is 0 Å². The van der Waals surface area contributed by atoms with Crippen LogP contribution in [0.3, 0.4) is 0 Å². The average Bonchev–Trinajstić information content (AvgIpc) is 3.29. The molecule has 0 aliphatic carbocycles. The van der Waals surface area contributed by atoms with E-state index >= 15 is 0 Å². The average molecular weight is 1010 g/mol. The van der Waals surface area contributed by atoms with Gasteiger partial charge in [0.15, 0.2) is 52.2 Å². The van der Waals surface area contributed by atoms with Crippen molar-refractivity contribution in [2.45, 2.75) is 19.6 Å². The number of ether oxygens (including phenoxy) is 4. The smallest absolute Gasteiger partial charge is 0.166 e. The summed E-state index contributed by atoms with van der Waals surface area (Å²) in [6.45, 7) is 3.11. The van der Waals surface area contributed by atoms with Crippen LogP contribution in [-0.2, 0) is 40.7 Å². The maximum absolute atomic E-state index is 10.3. The maximum Gasteiger partial charge on any atom is 0.166 e. The number of phenols is 4. The molecule has 0 amide bonds.